The summed E-state index contributed by atoms with van der Waals surface area (Å²) >= 11 is 0. The molecule has 0 bridgehead atoms. The topological polar surface area (TPSA) is 73.1 Å². The van der Waals surface area contributed by atoms with Gasteiger partial charge in [-0.1, -0.05) is 19.1 Å². The first-order valence-electron chi connectivity index (χ1n) is 12.6. The van der Waals surface area contributed by atoms with Gasteiger partial charge in [0.15, 0.2) is 0 Å². The predicted molar refractivity (Wildman–Crippen MR) is 119 cm³/mol. The second-order valence-electron chi connectivity index (χ2n) is 11.4. The number of fused-ring (bicyclic) bond motifs is 5. The highest BCUT2D eigenvalue weighted by atomic mass is 16.5. The number of ether oxygens (including phenoxy) is 1. The van der Waals surface area contributed by atoms with E-state index in [1.165, 1.54) is 50.5 Å². The molecular formula is C25H40N4O2. The van der Waals surface area contributed by atoms with Crippen molar-refractivity contribution in [3.05, 3.63) is 18.5 Å². The van der Waals surface area contributed by atoms with E-state index in [1.54, 1.807) is 6.33 Å². The number of hydrogen-bond donors (Lipinski definition) is 1. The summed E-state index contributed by atoms with van der Waals surface area (Å²) in [5.74, 6) is 4.64. The van der Waals surface area contributed by atoms with Crippen LogP contribution in [-0.2, 0) is 11.3 Å². The summed E-state index contributed by atoms with van der Waals surface area (Å²) in [5.41, 5.74) is 1.10. The summed E-state index contributed by atoms with van der Waals surface area (Å²) in [6.45, 7) is 11.0. The molecule has 1 N–H and O–H groups in total. The van der Waals surface area contributed by atoms with E-state index in [-0.39, 0.29) is 0 Å². The van der Waals surface area contributed by atoms with Gasteiger partial charge in [0.05, 0.1) is 18.8 Å². The third-order valence-electron chi connectivity index (χ3n) is 9.93. The highest BCUT2D eigenvalue weighted by molar-refractivity contribution is 5.15. The molecule has 0 saturated heterocycles. The minimum absolute atomic E-state index is 0.378. The number of hydrogen-bond acceptors (Lipinski definition) is 5. The van der Waals surface area contributed by atoms with Gasteiger partial charge < -0.3 is 9.84 Å². The number of aliphatic hydroxyl groups is 1. The predicted octanol–water partition coefficient (Wildman–Crippen LogP) is 4.27. The van der Waals surface area contributed by atoms with Crippen molar-refractivity contribution in [2.24, 2.45) is 40.9 Å². The summed E-state index contributed by atoms with van der Waals surface area (Å²) in [6.07, 6.45) is 12.7. The maximum absolute atomic E-state index is 11.1. The van der Waals surface area contributed by atoms with Gasteiger partial charge in [-0.05, 0) is 116 Å². The molecule has 1 aromatic rings. The molecule has 6 nitrogen and oxygen atoms in total. The van der Waals surface area contributed by atoms with Crippen molar-refractivity contribution in [3.63, 3.8) is 0 Å². The van der Waals surface area contributed by atoms with Crippen LogP contribution in [0.2, 0.25) is 0 Å². The van der Waals surface area contributed by atoms with Crippen LogP contribution in [0.1, 0.15) is 71.6 Å². The van der Waals surface area contributed by atoms with Gasteiger partial charge in [-0.25, -0.2) is 4.68 Å². The molecule has 31 heavy (non-hydrogen) atoms. The number of allylic oxidation sites excluding steroid dienone is 1. The lowest BCUT2D eigenvalue weighted by molar-refractivity contribution is -0.127. The number of nitrogens with zero attached hydrogens (tertiary/aromatic N) is 4. The average Bonchev–Trinajstić information content (AvgIpc) is 3.39. The Morgan fingerprint density at radius 3 is 2.74 bits per heavy atom. The van der Waals surface area contributed by atoms with Crippen molar-refractivity contribution in [1.29, 1.82) is 0 Å². The molecule has 6 heteroatoms. The van der Waals surface area contributed by atoms with Crippen molar-refractivity contribution >= 4 is 0 Å². The van der Waals surface area contributed by atoms with E-state index in [9.17, 15) is 5.11 Å². The summed E-state index contributed by atoms with van der Waals surface area (Å²) in [5, 5.41) is 22.7. The monoisotopic (exact) mass is 428 g/mol. The fourth-order valence-corrected chi connectivity index (χ4v) is 8.63. The fourth-order valence-electron chi connectivity index (χ4n) is 8.63. The van der Waals surface area contributed by atoms with Crippen LogP contribution in [0.4, 0.5) is 0 Å². The standard InChI is InChI=1S/C25H40N4O2/c1-4-31-15-25(30)12-10-19-18(13-25)5-6-21-20(19)9-11-24(3)22(7-8-23(21)24)17(2)14-29-16-26-27-28-29/h16,18-23,30H,2,4-15H2,1,3H3/t18-,19-,20+,21+,22+,23-,24+,25+/m0/s1. The highest BCUT2D eigenvalue weighted by Crippen LogP contribution is 2.65. The van der Waals surface area contributed by atoms with Gasteiger partial charge in [0, 0.05) is 6.61 Å². The molecule has 5 rings (SSSR count). The van der Waals surface area contributed by atoms with E-state index >= 15 is 0 Å². The third kappa shape index (κ3) is 3.78. The molecule has 0 amide bonds. The molecule has 0 radical (unpaired) electrons. The lowest BCUT2D eigenvalue weighted by atomic mass is 9.48. The molecule has 8 atom stereocenters. The maximum Gasteiger partial charge on any atom is 0.138 e. The summed E-state index contributed by atoms with van der Waals surface area (Å²) in [7, 11) is 0. The summed E-state index contributed by atoms with van der Waals surface area (Å²) in [6, 6.07) is 0. The molecule has 1 heterocycles. The lowest BCUT2D eigenvalue weighted by Crippen LogP contribution is -2.52. The molecule has 1 aromatic heterocycles. The van der Waals surface area contributed by atoms with Crippen LogP contribution < -0.4 is 0 Å². The molecule has 4 aliphatic carbocycles. The van der Waals surface area contributed by atoms with E-state index in [2.05, 4.69) is 29.0 Å². The molecule has 0 unspecified atom stereocenters. The number of tetrazole rings is 1. The van der Waals surface area contributed by atoms with E-state index in [0.29, 0.717) is 30.5 Å². The van der Waals surface area contributed by atoms with Crippen molar-refractivity contribution in [1.82, 2.24) is 20.2 Å². The van der Waals surface area contributed by atoms with Crippen LogP contribution >= 0.6 is 0 Å². The van der Waals surface area contributed by atoms with Gasteiger partial charge in [0.2, 0.25) is 0 Å². The molecule has 4 aliphatic rings. The minimum atomic E-state index is -0.584. The van der Waals surface area contributed by atoms with Gasteiger partial charge in [-0.15, -0.1) is 5.10 Å². The molecular weight excluding hydrogens is 388 g/mol. The van der Waals surface area contributed by atoms with Crippen molar-refractivity contribution in [2.45, 2.75) is 83.8 Å². The van der Waals surface area contributed by atoms with E-state index in [4.69, 9.17) is 4.74 Å². The highest BCUT2D eigenvalue weighted by Gasteiger charge is 2.58. The largest absolute Gasteiger partial charge is 0.387 e. The fraction of sp³-hybridized carbons (Fsp3) is 0.880. The molecule has 0 aromatic carbocycles. The summed E-state index contributed by atoms with van der Waals surface area (Å²) < 4.78 is 7.45. The van der Waals surface area contributed by atoms with E-state index in [0.717, 1.165) is 43.1 Å². The normalized spacial score (nSPS) is 44.4. The van der Waals surface area contributed by atoms with Crippen molar-refractivity contribution < 1.29 is 9.84 Å². The average molecular weight is 429 g/mol. The Hall–Kier alpha value is -1.27. The quantitative estimate of drug-likeness (QED) is 0.685. The Morgan fingerprint density at radius 2 is 1.97 bits per heavy atom. The molecule has 172 valence electrons. The van der Waals surface area contributed by atoms with Gasteiger partial charge in [0.1, 0.15) is 6.33 Å². The molecule has 4 saturated carbocycles. The van der Waals surface area contributed by atoms with Crippen LogP contribution in [0.15, 0.2) is 18.5 Å². The van der Waals surface area contributed by atoms with Gasteiger partial charge in [0.25, 0.3) is 0 Å². The first kappa shape index (κ1) is 21.6. The van der Waals surface area contributed by atoms with E-state index < -0.39 is 5.60 Å². The summed E-state index contributed by atoms with van der Waals surface area (Å²) in [4.78, 5) is 0. The van der Waals surface area contributed by atoms with Crippen molar-refractivity contribution in [2.75, 3.05) is 13.2 Å². The SMILES string of the molecule is C=C(Cn1cnnn1)[C@H]1CC[C@H]2[C@@H]3CC[C@H]4C[C@@](O)(COCC)CC[C@@H]4[C@H]3CC[C@]12C. The Morgan fingerprint density at radius 1 is 1.13 bits per heavy atom. The molecule has 0 aliphatic heterocycles. The van der Waals surface area contributed by atoms with Gasteiger partial charge in [-0.2, -0.15) is 0 Å². The Kier molecular flexibility index (Phi) is 5.74. The zero-order valence-electron chi connectivity index (χ0n) is 19.4. The molecule has 0 spiro atoms. The third-order valence-corrected chi connectivity index (χ3v) is 9.93. The first-order valence-corrected chi connectivity index (χ1v) is 12.6. The van der Waals surface area contributed by atoms with Crippen LogP contribution in [-0.4, -0.2) is 44.1 Å². The van der Waals surface area contributed by atoms with E-state index in [1.807, 2.05) is 11.6 Å². The van der Waals surface area contributed by atoms with Gasteiger partial charge >= 0.3 is 0 Å². The van der Waals surface area contributed by atoms with Crippen LogP contribution in [0.5, 0.6) is 0 Å². The number of rotatable bonds is 6. The van der Waals surface area contributed by atoms with Crippen molar-refractivity contribution in [3.8, 4) is 0 Å². The van der Waals surface area contributed by atoms with Crippen LogP contribution in [0, 0.1) is 40.9 Å². The number of aromatic nitrogens is 4. The lowest BCUT2D eigenvalue weighted by Gasteiger charge is -2.57. The van der Waals surface area contributed by atoms with Crippen LogP contribution in [0.3, 0.4) is 0 Å². The second kappa shape index (κ2) is 8.26. The minimum Gasteiger partial charge on any atom is -0.387 e. The Bertz CT molecular complexity index is 782. The Balaban J connectivity index is 1.27. The zero-order chi connectivity index (χ0) is 21.6. The maximum atomic E-state index is 11.1. The zero-order valence-corrected chi connectivity index (χ0v) is 19.4. The van der Waals surface area contributed by atoms with Gasteiger partial charge in [-0.3, -0.25) is 0 Å². The molecule has 4 fully saturated rings. The smallest absolute Gasteiger partial charge is 0.138 e. The first-order chi connectivity index (χ1) is 14.9. The second-order valence-corrected chi connectivity index (χ2v) is 11.4. The van der Waals surface area contributed by atoms with Crippen LogP contribution in [0.25, 0.3) is 0 Å². The Labute approximate surface area is 186 Å².